The molecule has 0 atom stereocenters. The molecule has 25 heavy (non-hydrogen) atoms. The topological polar surface area (TPSA) is 0 Å². The summed E-state index contributed by atoms with van der Waals surface area (Å²) in [6.45, 7) is 14.7. The molecule has 0 aliphatic rings. The Morgan fingerprint density at radius 2 is 1.16 bits per heavy atom. The van der Waals surface area contributed by atoms with E-state index in [1.165, 1.54) is 10.1 Å². The Morgan fingerprint density at radius 1 is 0.560 bits per heavy atom. The normalized spacial score (nSPS) is 14.0. The van der Waals surface area contributed by atoms with Crippen LogP contribution >= 0.6 is 56.7 Å². The van der Waals surface area contributed by atoms with Gasteiger partial charge in [0.15, 0.2) is 0 Å². The minimum Gasteiger partial charge on any atom is -0.143 e. The van der Waals surface area contributed by atoms with Gasteiger partial charge in [-0.3, -0.25) is 0 Å². The first-order valence-corrected chi connectivity index (χ1v) is 19.5. The highest BCUT2D eigenvalue weighted by Gasteiger charge is 2.25. The molecule has 5 heterocycles. The molecule has 0 fully saturated rings. The van der Waals surface area contributed by atoms with Crippen LogP contribution in [0, 0.1) is 0 Å². The van der Waals surface area contributed by atoms with Crippen LogP contribution in [0.2, 0.25) is 39.3 Å². The van der Waals surface area contributed by atoms with Gasteiger partial charge < -0.3 is 0 Å². The predicted octanol–water partition coefficient (Wildman–Crippen LogP) is 7.70. The predicted molar refractivity (Wildman–Crippen MR) is 132 cm³/mol. The molecular formula is C18H20S5Si2. The number of fused-ring (bicyclic) bond motifs is 7. The summed E-state index contributed by atoms with van der Waals surface area (Å²) in [5.41, 5.74) is 0. The van der Waals surface area contributed by atoms with Crippen LogP contribution in [0.3, 0.4) is 0 Å². The van der Waals surface area contributed by atoms with Gasteiger partial charge in [0.05, 0.1) is 43.7 Å². The standard InChI is InChI=1S/C18H20S5Si2/c1-24(2,3)11-7-9-13-15(23-18(9)21-11)17-16(22-13)14-10(19-17)8-12(20-14)25(4,5)6/h7-8H,1-6H3. The molecule has 0 saturated carbocycles. The molecule has 0 aliphatic carbocycles. The van der Waals surface area contributed by atoms with Crippen molar-refractivity contribution < 1.29 is 0 Å². The second kappa shape index (κ2) is 5.28. The molecule has 0 radical (unpaired) electrons. The van der Waals surface area contributed by atoms with Gasteiger partial charge in [0.2, 0.25) is 0 Å². The zero-order valence-electron chi connectivity index (χ0n) is 15.2. The van der Waals surface area contributed by atoms with E-state index < -0.39 is 16.1 Å². The Hall–Kier alpha value is -0.0262. The Balaban J connectivity index is 1.79. The van der Waals surface area contributed by atoms with E-state index in [9.17, 15) is 0 Å². The van der Waals surface area contributed by atoms with E-state index in [1.54, 1.807) is 36.5 Å². The van der Waals surface area contributed by atoms with E-state index >= 15 is 0 Å². The highest BCUT2D eigenvalue weighted by Crippen LogP contribution is 2.51. The first kappa shape index (κ1) is 17.1. The molecule has 0 unspecified atom stereocenters. The van der Waals surface area contributed by atoms with Gasteiger partial charge >= 0.3 is 0 Å². The van der Waals surface area contributed by atoms with Crippen molar-refractivity contribution in [3.63, 3.8) is 0 Å². The van der Waals surface area contributed by atoms with Gasteiger partial charge in [-0.25, -0.2) is 0 Å². The van der Waals surface area contributed by atoms with Crippen LogP contribution in [-0.2, 0) is 0 Å². The quantitative estimate of drug-likeness (QED) is 0.241. The van der Waals surface area contributed by atoms with Gasteiger partial charge in [-0.1, -0.05) is 39.3 Å². The Labute approximate surface area is 169 Å². The lowest BCUT2D eigenvalue weighted by Crippen LogP contribution is -2.34. The molecule has 0 amide bonds. The Morgan fingerprint density at radius 3 is 1.84 bits per heavy atom. The zero-order valence-corrected chi connectivity index (χ0v) is 21.3. The lowest BCUT2D eigenvalue weighted by Gasteiger charge is -2.11. The van der Waals surface area contributed by atoms with Crippen LogP contribution in [0.25, 0.3) is 37.6 Å². The average Bonchev–Trinajstić information content (AvgIpc) is 3.17. The minimum absolute atomic E-state index is 1.21. The Bertz CT molecular complexity index is 1160. The monoisotopic (exact) mass is 452 g/mol. The van der Waals surface area contributed by atoms with Crippen molar-refractivity contribution in [1.29, 1.82) is 0 Å². The van der Waals surface area contributed by atoms with E-state index in [0.29, 0.717) is 0 Å². The third-order valence-corrected chi connectivity index (χ3v) is 18.4. The lowest BCUT2D eigenvalue weighted by atomic mass is 10.4. The summed E-state index contributed by atoms with van der Waals surface area (Å²) in [7, 11) is -2.43. The molecule has 0 nitrogen and oxygen atoms in total. The van der Waals surface area contributed by atoms with Crippen LogP contribution in [0.15, 0.2) is 12.1 Å². The number of hydrogen-bond donors (Lipinski definition) is 0. The molecule has 0 aliphatic heterocycles. The molecule has 0 N–H and O–H groups in total. The van der Waals surface area contributed by atoms with Gasteiger partial charge in [0, 0.05) is 10.1 Å². The fourth-order valence-electron chi connectivity index (χ4n) is 3.07. The number of thiophene rings is 5. The maximum absolute atomic E-state index is 2.52. The second-order valence-corrected chi connectivity index (χ2v) is 25.0. The van der Waals surface area contributed by atoms with E-state index in [1.807, 2.05) is 22.7 Å². The third kappa shape index (κ3) is 2.51. The number of rotatable bonds is 2. The maximum Gasteiger partial charge on any atom is 0.0904 e. The van der Waals surface area contributed by atoms with Crippen LogP contribution in [0.5, 0.6) is 0 Å². The summed E-state index contributed by atoms with van der Waals surface area (Å²) in [6.07, 6.45) is 0. The van der Waals surface area contributed by atoms with Crippen LogP contribution < -0.4 is 9.00 Å². The van der Waals surface area contributed by atoms with Crippen molar-refractivity contribution >= 4 is 119 Å². The van der Waals surface area contributed by atoms with Crippen molar-refractivity contribution in [1.82, 2.24) is 0 Å². The lowest BCUT2D eigenvalue weighted by molar-refractivity contribution is 1.79. The highest BCUT2D eigenvalue weighted by molar-refractivity contribution is 7.52. The van der Waals surface area contributed by atoms with E-state index in [-0.39, 0.29) is 0 Å². The van der Waals surface area contributed by atoms with E-state index in [0.717, 1.165) is 0 Å². The largest absolute Gasteiger partial charge is 0.143 e. The maximum atomic E-state index is 2.52. The molecule has 0 bridgehead atoms. The van der Waals surface area contributed by atoms with Crippen molar-refractivity contribution in [3.8, 4) is 0 Å². The van der Waals surface area contributed by atoms with Crippen LogP contribution in [0.1, 0.15) is 0 Å². The summed E-state index contributed by atoms with van der Waals surface area (Å²) in [4.78, 5) is 0. The summed E-state index contributed by atoms with van der Waals surface area (Å²) in [6, 6.07) is 5.01. The van der Waals surface area contributed by atoms with Crippen molar-refractivity contribution in [3.05, 3.63) is 12.1 Å². The molecule has 5 aromatic rings. The van der Waals surface area contributed by atoms with E-state index in [2.05, 4.69) is 85.4 Å². The molecule has 0 aromatic carbocycles. The molecule has 130 valence electrons. The zero-order chi connectivity index (χ0) is 17.7. The first-order valence-electron chi connectivity index (χ1n) is 8.45. The first-order chi connectivity index (χ1) is 11.6. The van der Waals surface area contributed by atoms with E-state index in [4.69, 9.17) is 0 Å². The average molecular weight is 453 g/mol. The Kier molecular flexibility index (Phi) is 3.61. The van der Waals surface area contributed by atoms with Crippen LogP contribution in [-0.4, -0.2) is 16.1 Å². The van der Waals surface area contributed by atoms with Gasteiger partial charge in [-0.05, 0) is 21.1 Å². The third-order valence-electron chi connectivity index (χ3n) is 4.55. The molecule has 0 saturated heterocycles. The smallest absolute Gasteiger partial charge is 0.0904 e. The van der Waals surface area contributed by atoms with Crippen molar-refractivity contribution in [2.45, 2.75) is 39.3 Å². The van der Waals surface area contributed by atoms with Gasteiger partial charge in [0.25, 0.3) is 0 Å². The molecule has 7 heteroatoms. The molecular weight excluding hydrogens is 433 g/mol. The minimum atomic E-state index is -1.21. The van der Waals surface area contributed by atoms with Crippen molar-refractivity contribution in [2.24, 2.45) is 0 Å². The summed E-state index contributed by atoms with van der Waals surface area (Å²) in [5.74, 6) is 0. The highest BCUT2D eigenvalue weighted by atomic mass is 32.2. The second-order valence-electron chi connectivity index (χ2n) is 8.74. The molecule has 5 rings (SSSR count). The number of hydrogen-bond acceptors (Lipinski definition) is 5. The molecule has 0 spiro atoms. The van der Waals surface area contributed by atoms with Gasteiger partial charge in [0.1, 0.15) is 0 Å². The van der Waals surface area contributed by atoms with Crippen LogP contribution in [0.4, 0.5) is 0 Å². The van der Waals surface area contributed by atoms with Crippen molar-refractivity contribution in [2.75, 3.05) is 0 Å². The summed E-state index contributed by atoms with van der Waals surface area (Å²) >= 11 is 10.2. The molecule has 5 aromatic heterocycles. The SMILES string of the molecule is C[Si](C)(C)c1cc2c(s1)sc1c2sc2c3sc([Si](C)(C)C)cc3sc21. The summed E-state index contributed by atoms with van der Waals surface area (Å²) in [5, 5.41) is 1.53. The van der Waals surface area contributed by atoms with Gasteiger partial charge in [-0.15, -0.1) is 56.7 Å². The van der Waals surface area contributed by atoms with Gasteiger partial charge in [-0.2, -0.15) is 0 Å². The fraction of sp³-hybridized carbons (Fsp3) is 0.333. The summed E-state index contributed by atoms with van der Waals surface area (Å²) < 4.78 is 14.1. The fourth-order valence-corrected chi connectivity index (χ4v) is 14.3.